The van der Waals surface area contributed by atoms with Gasteiger partial charge in [-0.05, 0) is 11.6 Å². The molecule has 0 aliphatic heterocycles. The molecule has 0 aliphatic rings. The van der Waals surface area contributed by atoms with E-state index in [9.17, 15) is 0 Å². The maximum Gasteiger partial charge on any atom is 0.239 e. The number of nitrogens with two attached hydrogens (primary N) is 1. The summed E-state index contributed by atoms with van der Waals surface area (Å²) < 4.78 is 1.71. The third-order valence-electron chi connectivity index (χ3n) is 2.60. The van der Waals surface area contributed by atoms with E-state index in [4.69, 9.17) is 5.73 Å². The molecule has 1 aromatic carbocycles. The number of nitrogens with zero attached hydrogens (tertiary/aromatic N) is 4. The van der Waals surface area contributed by atoms with Crippen LogP contribution in [-0.4, -0.2) is 19.7 Å². The van der Waals surface area contributed by atoms with Crippen LogP contribution in [0.15, 0.2) is 42.9 Å². The van der Waals surface area contributed by atoms with Gasteiger partial charge in [-0.1, -0.05) is 24.3 Å². The molecule has 2 N–H and O–H groups in total. The molecule has 0 radical (unpaired) electrons. The monoisotopic (exact) mass is 225 g/mol. The molecule has 2 heterocycles. The molecule has 0 spiro atoms. The summed E-state index contributed by atoms with van der Waals surface area (Å²) in [5.41, 5.74) is 7.58. The van der Waals surface area contributed by atoms with Crippen molar-refractivity contribution in [3.05, 3.63) is 48.4 Å². The van der Waals surface area contributed by atoms with Gasteiger partial charge in [0.15, 0.2) is 0 Å². The molecular weight excluding hydrogens is 214 g/mol. The molecule has 5 nitrogen and oxygen atoms in total. The van der Waals surface area contributed by atoms with Crippen LogP contribution < -0.4 is 5.73 Å². The Morgan fingerprint density at radius 1 is 1.12 bits per heavy atom. The van der Waals surface area contributed by atoms with Gasteiger partial charge in [0, 0.05) is 11.6 Å². The smallest absolute Gasteiger partial charge is 0.239 e. The maximum atomic E-state index is 5.49. The summed E-state index contributed by atoms with van der Waals surface area (Å²) in [6.07, 6.45) is 3.42. The minimum Gasteiger partial charge on any atom is -0.367 e. The van der Waals surface area contributed by atoms with E-state index >= 15 is 0 Å². The molecule has 17 heavy (non-hydrogen) atoms. The molecule has 0 amide bonds. The van der Waals surface area contributed by atoms with Gasteiger partial charge in [0.1, 0.15) is 6.33 Å². The molecule has 0 unspecified atom stereocenters. The lowest BCUT2D eigenvalue weighted by molar-refractivity contribution is 0.690. The van der Waals surface area contributed by atoms with Crippen molar-refractivity contribution in [2.75, 3.05) is 5.73 Å². The van der Waals surface area contributed by atoms with E-state index in [1.54, 1.807) is 17.2 Å². The zero-order valence-corrected chi connectivity index (χ0v) is 9.11. The molecule has 2 aromatic heterocycles. The Bertz CT molecular complexity index is 653. The Morgan fingerprint density at radius 3 is 2.82 bits per heavy atom. The van der Waals surface area contributed by atoms with Crippen LogP contribution in [0.5, 0.6) is 0 Å². The molecule has 0 bridgehead atoms. The fourth-order valence-electron chi connectivity index (χ4n) is 1.85. The fraction of sp³-hybridized carbons (Fsp3) is 0.0833. The van der Waals surface area contributed by atoms with Crippen LogP contribution in [0.4, 0.5) is 5.95 Å². The predicted molar refractivity (Wildman–Crippen MR) is 65.3 cm³/mol. The fourth-order valence-corrected chi connectivity index (χ4v) is 1.85. The third kappa shape index (κ3) is 1.82. The molecule has 0 saturated heterocycles. The van der Waals surface area contributed by atoms with Crippen molar-refractivity contribution >= 4 is 16.9 Å². The average Bonchev–Trinajstić information content (AvgIpc) is 2.75. The highest BCUT2D eigenvalue weighted by Gasteiger charge is 2.03. The summed E-state index contributed by atoms with van der Waals surface area (Å²) in [5.74, 6) is 0.290. The van der Waals surface area contributed by atoms with E-state index < -0.39 is 0 Å². The predicted octanol–water partition coefficient (Wildman–Crippen LogP) is 1.46. The van der Waals surface area contributed by atoms with Crippen LogP contribution in [0.2, 0.25) is 0 Å². The number of para-hydroxylation sites is 1. The van der Waals surface area contributed by atoms with Gasteiger partial charge in [0.2, 0.25) is 5.95 Å². The highest BCUT2D eigenvalue weighted by Crippen LogP contribution is 2.16. The Morgan fingerprint density at radius 2 is 2.00 bits per heavy atom. The topological polar surface area (TPSA) is 69.6 Å². The average molecular weight is 225 g/mol. The number of anilines is 1. The van der Waals surface area contributed by atoms with E-state index in [0.717, 1.165) is 16.5 Å². The molecule has 0 aliphatic carbocycles. The number of benzene rings is 1. The number of pyridine rings is 1. The normalized spacial score (nSPS) is 10.8. The van der Waals surface area contributed by atoms with Crippen molar-refractivity contribution in [1.82, 2.24) is 19.7 Å². The SMILES string of the molecule is Nc1ncn(Cc2cccc3cccnc23)n1. The van der Waals surface area contributed by atoms with E-state index in [0.29, 0.717) is 6.54 Å². The minimum absolute atomic E-state index is 0.290. The van der Waals surface area contributed by atoms with Crippen LogP contribution in [0.3, 0.4) is 0 Å². The van der Waals surface area contributed by atoms with Gasteiger partial charge in [-0.15, -0.1) is 5.10 Å². The zero-order chi connectivity index (χ0) is 11.7. The first-order chi connectivity index (χ1) is 8.33. The molecule has 0 atom stereocenters. The van der Waals surface area contributed by atoms with Gasteiger partial charge in [-0.25, -0.2) is 9.67 Å². The van der Waals surface area contributed by atoms with Gasteiger partial charge in [-0.2, -0.15) is 0 Å². The van der Waals surface area contributed by atoms with E-state index in [1.807, 2.05) is 30.3 Å². The van der Waals surface area contributed by atoms with E-state index in [2.05, 4.69) is 15.1 Å². The highest BCUT2D eigenvalue weighted by atomic mass is 15.4. The van der Waals surface area contributed by atoms with Gasteiger partial charge in [0.05, 0.1) is 12.1 Å². The second-order valence-electron chi connectivity index (χ2n) is 3.79. The summed E-state index contributed by atoms with van der Waals surface area (Å²) in [5, 5.41) is 5.19. The lowest BCUT2D eigenvalue weighted by atomic mass is 10.1. The molecule has 3 aromatic rings. The molecule has 0 saturated carbocycles. The molecule has 0 fully saturated rings. The summed E-state index contributed by atoms with van der Waals surface area (Å²) >= 11 is 0. The first kappa shape index (κ1) is 9.77. The maximum absolute atomic E-state index is 5.49. The quantitative estimate of drug-likeness (QED) is 0.716. The lowest BCUT2D eigenvalue weighted by Gasteiger charge is -2.04. The van der Waals surface area contributed by atoms with Crippen molar-refractivity contribution in [1.29, 1.82) is 0 Å². The number of aromatic nitrogens is 4. The van der Waals surface area contributed by atoms with Gasteiger partial charge < -0.3 is 5.73 Å². The summed E-state index contributed by atoms with van der Waals surface area (Å²) in [6, 6.07) is 10.1. The standard InChI is InChI=1S/C12H11N5/c13-12-15-8-17(16-12)7-10-4-1-3-9-5-2-6-14-11(9)10/h1-6,8H,7H2,(H2,13,16). The number of hydrogen-bond donors (Lipinski definition) is 1. The molecule has 84 valence electrons. The van der Waals surface area contributed by atoms with Crippen molar-refractivity contribution in [2.45, 2.75) is 6.54 Å². The minimum atomic E-state index is 0.290. The van der Waals surface area contributed by atoms with Crippen LogP contribution in [0.1, 0.15) is 5.56 Å². The third-order valence-corrected chi connectivity index (χ3v) is 2.60. The Kier molecular flexibility index (Phi) is 2.22. The van der Waals surface area contributed by atoms with E-state index in [1.165, 1.54) is 0 Å². The number of nitrogen functional groups attached to an aromatic ring is 1. The lowest BCUT2D eigenvalue weighted by Crippen LogP contribution is -2.02. The van der Waals surface area contributed by atoms with Crippen molar-refractivity contribution in [2.24, 2.45) is 0 Å². The summed E-state index contributed by atoms with van der Waals surface area (Å²) in [4.78, 5) is 8.29. The van der Waals surface area contributed by atoms with Gasteiger partial charge in [0.25, 0.3) is 0 Å². The summed E-state index contributed by atoms with van der Waals surface area (Å²) in [6.45, 7) is 0.624. The van der Waals surface area contributed by atoms with Crippen molar-refractivity contribution in [3.63, 3.8) is 0 Å². The number of fused-ring (bicyclic) bond motifs is 1. The Labute approximate surface area is 97.9 Å². The van der Waals surface area contributed by atoms with Gasteiger partial charge in [-0.3, -0.25) is 4.98 Å². The first-order valence-corrected chi connectivity index (χ1v) is 5.30. The van der Waals surface area contributed by atoms with Crippen LogP contribution >= 0.6 is 0 Å². The zero-order valence-electron chi connectivity index (χ0n) is 9.11. The Hall–Kier alpha value is -2.43. The highest BCUT2D eigenvalue weighted by molar-refractivity contribution is 5.81. The van der Waals surface area contributed by atoms with Crippen LogP contribution in [0, 0.1) is 0 Å². The second-order valence-corrected chi connectivity index (χ2v) is 3.79. The van der Waals surface area contributed by atoms with E-state index in [-0.39, 0.29) is 5.95 Å². The first-order valence-electron chi connectivity index (χ1n) is 5.30. The molecule has 5 heteroatoms. The second kappa shape index (κ2) is 3.86. The number of rotatable bonds is 2. The van der Waals surface area contributed by atoms with Crippen molar-refractivity contribution < 1.29 is 0 Å². The largest absolute Gasteiger partial charge is 0.367 e. The molecular formula is C12H11N5. The van der Waals surface area contributed by atoms with Crippen LogP contribution in [0.25, 0.3) is 10.9 Å². The summed E-state index contributed by atoms with van der Waals surface area (Å²) in [7, 11) is 0. The van der Waals surface area contributed by atoms with Crippen molar-refractivity contribution in [3.8, 4) is 0 Å². The molecule has 3 rings (SSSR count). The number of hydrogen-bond acceptors (Lipinski definition) is 4. The Balaban J connectivity index is 2.05. The van der Waals surface area contributed by atoms with Crippen LogP contribution in [-0.2, 0) is 6.54 Å². The van der Waals surface area contributed by atoms with Gasteiger partial charge >= 0.3 is 0 Å².